The van der Waals surface area contributed by atoms with Gasteiger partial charge in [-0.3, -0.25) is 4.31 Å². The van der Waals surface area contributed by atoms with Crippen LogP contribution in [0.15, 0.2) is 24.3 Å². The first-order valence-electron chi connectivity index (χ1n) is 7.14. The molecule has 0 saturated heterocycles. The SMILES string of the molecule is CCN(CC)S(=O)(=O)N1CCCC(N)c2ccccc21. The van der Waals surface area contributed by atoms with E-state index in [4.69, 9.17) is 5.73 Å². The third-order valence-corrected chi connectivity index (χ3v) is 5.90. The van der Waals surface area contributed by atoms with Crippen LogP contribution in [0.4, 0.5) is 5.69 Å². The zero-order chi connectivity index (χ0) is 14.8. The average molecular weight is 297 g/mol. The number of hydrogen-bond donors (Lipinski definition) is 1. The first-order chi connectivity index (χ1) is 9.52. The molecule has 0 spiro atoms. The molecular formula is C14H23N3O2S. The van der Waals surface area contributed by atoms with Gasteiger partial charge in [0.05, 0.1) is 5.69 Å². The smallest absolute Gasteiger partial charge is 0.304 e. The molecule has 1 aliphatic rings. The zero-order valence-electron chi connectivity index (χ0n) is 12.1. The maximum absolute atomic E-state index is 12.8. The van der Waals surface area contributed by atoms with E-state index in [9.17, 15) is 8.42 Å². The van der Waals surface area contributed by atoms with E-state index in [2.05, 4.69) is 0 Å². The average Bonchev–Trinajstić information content (AvgIpc) is 2.60. The Morgan fingerprint density at radius 3 is 2.60 bits per heavy atom. The van der Waals surface area contributed by atoms with Crippen LogP contribution in [0.3, 0.4) is 0 Å². The lowest BCUT2D eigenvalue weighted by molar-refractivity contribution is 0.441. The quantitative estimate of drug-likeness (QED) is 0.922. The van der Waals surface area contributed by atoms with E-state index >= 15 is 0 Å². The summed E-state index contributed by atoms with van der Waals surface area (Å²) in [6.45, 7) is 5.16. The molecule has 2 N–H and O–H groups in total. The Morgan fingerprint density at radius 1 is 1.30 bits per heavy atom. The number of nitrogens with zero attached hydrogens (tertiary/aromatic N) is 2. The van der Waals surface area contributed by atoms with Gasteiger partial charge in [0, 0.05) is 25.7 Å². The number of rotatable bonds is 4. The highest BCUT2D eigenvalue weighted by Gasteiger charge is 2.31. The van der Waals surface area contributed by atoms with Gasteiger partial charge in [0.1, 0.15) is 0 Å². The minimum Gasteiger partial charge on any atom is -0.324 e. The van der Waals surface area contributed by atoms with Crippen LogP contribution in [0, 0.1) is 0 Å². The molecule has 0 aromatic heterocycles. The van der Waals surface area contributed by atoms with Crippen LogP contribution in [-0.2, 0) is 10.2 Å². The molecule has 1 atom stereocenters. The summed E-state index contributed by atoms with van der Waals surface area (Å²) in [5.74, 6) is 0. The second-order valence-corrected chi connectivity index (χ2v) is 6.82. The summed E-state index contributed by atoms with van der Waals surface area (Å²) in [4.78, 5) is 0. The molecule has 0 bridgehead atoms. The van der Waals surface area contributed by atoms with Gasteiger partial charge in [0.2, 0.25) is 0 Å². The van der Waals surface area contributed by atoms with Crippen molar-refractivity contribution in [2.75, 3.05) is 23.9 Å². The summed E-state index contributed by atoms with van der Waals surface area (Å²) in [6, 6.07) is 7.45. The summed E-state index contributed by atoms with van der Waals surface area (Å²) in [6.07, 6.45) is 1.58. The summed E-state index contributed by atoms with van der Waals surface area (Å²) < 4.78 is 28.6. The van der Waals surface area contributed by atoms with Crippen LogP contribution in [0.1, 0.15) is 38.3 Å². The van der Waals surface area contributed by atoms with Crippen LogP contribution >= 0.6 is 0 Å². The molecule has 1 aliphatic heterocycles. The summed E-state index contributed by atoms with van der Waals surface area (Å²) >= 11 is 0. The maximum Gasteiger partial charge on any atom is 0.304 e. The lowest BCUT2D eigenvalue weighted by Gasteiger charge is -2.30. The van der Waals surface area contributed by atoms with E-state index in [1.54, 1.807) is 0 Å². The van der Waals surface area contributed by atoms with Crippen LogP contribution in [-0.4, -0.2) is 32.4 Å². The molecule has 1 heterocycles. The fraction of sp³-hybridized carbons (Fsp3) is 0.571. The molecule has 1 aromatic rings. The predicted molar refractivity (Wildman–Crippen MR) is 81.8 cm³/mol. The number of para-hydroxylation sites is 1. The van der Waals surface area contributed by atoms with Gasteiger partial charge in [0.25, 0.3) is 0 Å². The van der Waals surface area contributed by atoms with E-state index < -0.39 is 10.2 Å². The van der Waals surface area contributed by atoms with Gasteiger partial charge in [-0.25, -0.2) is 0 Å². The van der Waals surface area contributed by atoms with E-state index in [1.807, 2.05) is 38.1 Å². The molecule has 0 saturated carbocycles. The van der Waals surface area contributed by atoms with Crippen LogP contribution in [0.25, 0.3) is 0 Å². The van der Waals surface area contributed by atoms with Gasteiger partial charge in [-0.1, -0.05) is 32.0 Å². The van der Waals surface area contributed by atoms with Crippen molar-refractivity contribution in [3.8, 4) is 0 Å². The van der Waals surface area contributed by atoms with Crippen molar-refractivity contribution in [3.63, 3.8) is 0 Å². The molecule has 0 aliphatic carbocycles. The van der Waals surface area contributed by atoms with Crippen molar-refractivity contribution < 1.29 is 8.42 Å². The minimum atomic E-state index is -3.47. The highest BCUT2D eigenvalue weighted by Crippen LogP contribution is 2.33. The van der Waals surface area contributed by atoms with E-state index in [0.29, 0.717) is 19.6 Å². The minimum absolute atomic E-state index is 0.0943. The standard InChI is InChI=1S/C14H23N3O2S/c1-3-16(4-2)20(18,19)17-11-7-9-13(15)12-8-5-6-10-14(12)17/h5-6,8,10,13H,3-4,7,9,11,15H2,1-2H3. The largest absolute Gasteiger partial charge is 0.324 e. The summed E-state index contributed by atoms with van der Waals surface area (Å²) in [7, 11) is -3.47. The molecule has 5 nitrogen and oxygen atoms in total. The predicted octanol–water partition coefficient (Wildman–Crippen LogP) is 1.87. The Morgan fingerprint density at radius 2 is 1.95 bits per heavy atom. The van der Waals surface area contributed by atoms with Crippen molar-refractivity contribution in [2.45, 2.75) is 32.7 Å². The molecule has 0 radical (unpaired) electrons. The summed E-state index contributed by atoms with van der Waals surface area (Å²) in [5, 5.41) is 0. The highest BCUT2D eigenvalue weighted by molar-refractivity contribution is 7.90. The van der Waals surface area contributed by atoms with Crippen molar-refractivity contribution in [3.05, 3.63) is 29.8 Å². The topological polar surface area (TPSA) is 66.6 Å². The number of fused-ring (bicyclic) bond motifs is 1. The third kappa shape index (κ3) is 2.68. The molecule has 20 heavy (non-hydrogen) atoms. The molecule has 1 unspecified atom stereocenters. The van der Waals surface area contributed by atoms with Crippen LogP contribution < -0.4 is 10.0 Å². The summed E-state index contributed by atoms with van der Waals surface area (Å²) in [5.41, 5.74) is 7.80. The fourth-order valence-corrected chi connectivity index (χ4v) is 4.39. The van der Waals surface area contributed by atoms with Gasteiger partial charge < -0.3 is 5.73 Å². The van der Waals surface area contributed by atoms with Gasteiger partial charge in [-0.05, 0) is 24.5 Å². The molecule has 0 amide bonds. The van der Waals surface area contributed by atoms with Gasteiger partial charge in [-0.2, -0.15) is 12.7 Å². The van der Waals surface area contributed by atoms with Crippen LogP contribution in [0.5, 0.6) is 0 Å². The fourth-order valence-electron chi connectivity index (χ4n) is 2.69. The number of nitrogens with two attached hydrogens (primary N) is 1. The molecule has 112 valence electrons. The Hall–Kier alpha value is -1.11. The van der Waals surface area contributed by atoms with Crippen molar-refractivity contribution in [2.24, 2.45) is 5.73 Å². The van der Waals surface area contributed by atoms with Crippen molar-refractivity contribution in [1.82, 2.24) is 4.31 Å². The van der Waals surface area contributed by atoms with Crippen LogP contribution in [0.2, 0.25) is 0 Å². The Labute approximate surface area is 121 Å². The van der Waals surface area contributed by atoms with Gasteiger partial charge in [-0.15, -0.1) is 0 Å². The van der Waals surface area contributed by atoms with Gasteiger partial charge in [0.15, 0.2) is 0 Å². The monoisotopic (exact) mass is 297 g/mol. The lowest BCUT2D eigenvalue weighted by atomic mass is 10.0. The van der Waals surface area contributed by atoms with E-state index in [0.717, 1.165) is 24.1 Å². The third-order valence-electron chi connectivity index (χ3n) is 3.79. The molecule has 2 rings (SSSR count). The normalized spacial score (nSPS) is 19.8. The van der Waals surface area contributed by atoms with Crippen molar-refractivity contribution >= 4 is 15.9 Å². The first kappa shape index (κ1) is 15.3. The van der Waals surface area contributed by atoms with Crippen molar-refractivity contribution in [1.29, 1.82) is 0 Å². The number of anilines is 1. The lowest BCUT2D eigenvalue weighted by Crippen LogP contribution is -2.44. The maximum atomic E-state index is 12.8. The molecule has 6 heteroatoms. The first-order valence-corrected chi connectivity index (χ1v) is 8.54. The number of benzene rings is 1. The molecular weight excluding hydrogens is 274 g/mol. The second-order valence-electron chi connectivity index (χ2n) is 4.97. The molecule has 1 aromatic carbocycles. The number of hydrogen-bond acceptors (Lipinski definition) is 3. The Kier molecular flexibility index (Phi) is 4.67. The second kappa shape index (κ2) is 6.11. The Bertz CT molecular complexity index is 555. The van der Waals surface area contributed by atoms with Gasteiger partial charge >= 0.3 is 10.2 Å². The highest BCUT2D eigenvalue weighted by atomic mass is 32.2. The Balaban J connectivity index is 2.49. The zero-order valence-corrected chi connectivity index (χ0v) is 12.9. The van der Waals surface area contributed by atoms with E-state index in [1.165, 1.54) is 8.61 Å². The molecule has 0 fully saturated rings. The van der Waals surface area contributed by atoms with E-state index in [-0.39, 0.29) is 6.04 Å².